The Morgan fingerprint density at radius 2 is 1.79 bits per heavy atom. The summed E-state index contributed by atoms with van der Waals surface area (Å²) in [5.41, 5.74) is 1.15. The number of amides is 1. The van der Waals surface area contributed by atoms with Crippen molar-refractivity contribution in [2.24, 2.45) is 0 Å². The van der Waals surface area contributed by atoms with Crippen LogP contribution in [0.3, 0.4) is 0 Å². The maximum absolute atomic E-state index is 12.6. The van der Waals surface area contributed by atoms with E-state index in [1.54, 1.807) is 12.1 Å². The van der Waals surface area contributed by atoms with E-state index < -0.39 is 0 Å². The minimum atomic E-state index is -0.342. The second kappa shape index (κ2) is 12.4. The molecule has 0 fully saturated rings. The molecule has 0 aromatic heterocycles. The molecular formula is C21H25BrN2O4S. The van der Waals surface area contributed by atoms with Gasteiger partial charge in [-0.25, -0.2) is 0 Å². The fourth-order valence-electron chi connectivity index (χ4n) is 2.35. The van der Waals surface area contributed by atoms with E-state index in [2.05, 4.69) is 26.6 Å². The Balaban J connectivity index is 1.92. The molecule has 2 aromatic rings. The van der Waals surface area contributed by atoms with Gasteiger partial charge in [0.2, 0.25) is 0 Å². The molecule has 0 saturated heterocycles. The SMILES string of the molecule is CCCOc1ccc(Br)cc1C(=O)NC(=S)Nc1ccc(OCCOCC)cc1. The predicted molar refractivity (Wildman–Crippen MR) is 122 cm³/mol. The quantitative estimate of drug-likeness (QED) is 0.376. The molecule has 0 aliphatic heterocycles. The molecule has 8 heteroatoms. The first-order chi connectivity index (χ1) is 14.0. The second-order valence-corrected chi connectivity index (χ2v) is 7.29. The number of anilines is 1. The minimum Gasteiger partial charge on any atom is -0.493 e. The molecule has 156 valence electrons. The smallest absolute Gasteiger partial charge is 0.261 e. The highest BCUT2D eigenvalue weighted by atomic mass is 79.9. The van der Waals surface area contributed by atoms with E-state index in [0.29, 0.717) is 37.7 Å². The van der Waals surface area contributed by atoms with Crippen LogP contribution in [-0.4, -0.2) is 37.4 Å². The maximum Gasteiger partial charge on any atom is 0.261 e. The molecule has 1 amide bonds. The molecule has 2 rings (SSSR count). The first-order valence-corrected chi connectivity index (χ1v) is 10.6. The van der Waals surface area contributed by atoms with Crippen molar-refractivity contribution in [3.63, 3.8) is 0 Å². The lowest BCUT2D eigenvalue weighted by atomic mass is 10.2. The summed E-state index contributed by atoms with van der Waals surface area (Å²) in [6, 6.07) is 12.6. The summed E-state index contributed by atoms with van der Waals surface area (Å²) in [5, 5.41) is 5.87. The number of carbonyl (C=O) groups is 1. The van der Waals surface area contributed by atoms with Crippen LogP contribution in [0.1, 0.15) is 30.6 Å². The van der Waals surface area contributed by atoms with Gasteiger partial charge in [-0.2, -0.15) is 0 Å². The number of ether oxygens (including phenoxy) is 3. The molecule has 0 aliphatic rings. The fraction of sp³-hybridized carbons (Fsp3) is 0.333. The normalized spacial score (nSPS) is 10.3. The van der Waals surface area contributed by atoms with E-state index in [1.165, 1.54) is 0 Å². The Bertz CT molecular complexity index is 815. The molecule has 0 saturated carbocycles. The number of hydrogen-bond donors (Lipinski definition) is 2. The Labute approximate surface area is 185 Å². The van der Waals surface area contributed by atoms with Crippen molar-refractivity contribution in [2.45, 2.75) is 20.3 Å². The molecule has 0 spiro atoms. The van der Waals surface area contributed by atoms with Crippen LogP contribution in [-0.2, 0) is 4.74 Å². The van der Waals surface area contributed by atoms with Crippen molar-refractivity contribution >= 4 is 44.9 Å². The molecule has 2 N–H and O–H groups in total. The molecule has 29 heavy (non-hydrogen) atoms. The standard InChI is InChI=1S/C21H25BrN2O4S/c1-3-11-28-19-10-5-15(22)14-18(19)20(25)24-21(29)23-16-6-8-17(9-7-16)27-13-12-26-4-2/h5-10,14H,3-4,11-13H2,1-2H3,(H2,23,24,25,29). The second-order valence-electron chi connectivity index (χ2n) is 5.97. The zero-order valence-electron chi connectivity index (χ0n) is 16.5. The highest BCUT2D eigenvalue weighted by Crippen LogP contribution is 2.23. The topological polar surface area (TPSA) is 68.8 Å². The largest absolute Gasteiger partial charge is 0.493 e. The van der Waals surface area contributed by atoms with E-state index in [0.717, 1.165) is 22.3 Å². The average molecular weight is 481 g/mol. The zero-order chi connectivity index (χ0) is 21.1. The molecule has 0 atom stereocenters. The number of rotatable bonds is 10. The summed E-state index contributed by atoms with van der Waals surface area (Å²) in [6.45, 7) is 6.19. The van der Waals surface area contributed by atoms with Gasteiger partial charge in [0, 0.05) is 16.8 Å². The van der Waals surface area contributed by atoms with Gasteiger partial charge in [0.05, 0.1) is 18.8 Å². The van der Waals surface area contributed by atoms with Gasteiger partial charge in [0.15, 0.2) is 5.11 Å². The van der Waals surface area contributed by atoms with Gasteiger partial charge in [-0.3, -0.25) is 10.1 Å². The highest BCUT2D eigenvalue weighted by Gasteiger charge is 2.15. The summed E-state index contributed by atoms with van der Waals surface area (Å²) in [6.07, 6.45) is 0.850. The van der Waals surface area contributed by atoms with Gasteiger partial charge in [-0.1, -0.05) is 22.9 Å². The molecule has 0 aliphatic carbocycles. The van der Waals surface area contributed by atoms with Crippen molar-refractivity contribution in [3.05, 3.63) is 52.5 Å². The van der Waals surface area contributed by atoms with Crippen LogP contribution < -0.4 is 20.1 Å². The van der Waals surface area contributed by atoms with E-state index in [4.69, 9.17) is 26.4 Å². The molecule has 0 unspecified atom stereocenters. The van der Waals surface area contributed by atoms with Gasteiger partial charge in [-0.05, 0) is 68.0 Å². The number of hydrogen-bond acceptors (Lipinski definition) is 5. The van der Waals surface area contributed by atoms with E-state index in [1.807, 2.05) is 44.2 Å². The van der Waals surface area contributed by atoms with Gasteiger partial charge in [-0.15, -0.1) is 0 Å². The lowest BCUT2D eigenvalue weighted by Crippen LogP contribution is -2.34. The maximum atomic E-state index is 12.6. The van der Waals surface area contributed by atoms with Crippen LogP contribution in [0, 0.1) is 0 Å². The third-order valence-corrected chi connectivity index (χ3v) is 4.39. The number of halogens is 1. The molecule has 0 bridgehead atoms. The van der Waals surface area contributed by atoms with E-state index in [-0.39, 0.29) is 11.0 Å². The Morgan fingerprint density at radius 1 is 1.03 bits per heavy atom. The Hall–Kier alpha value is -2.16. The van der Waals surface area contributed by atoms with Crippen molar-refractivity contribution in [3.8, 4) is 11.5 Å². The number of carbonyl (C=O) groups excluding carboxylic acids is 1. The van der Waals surface area contributed by atoms with Gasteiger partial charge in [0.25, 0.3) is 5.91 Å². The fourth-order valence-corrected chi connectivity index (χ4v) is 2.92. The average Bonchev–Trinajstić information content (AvgIpc) is 2.71. The molecule has 2 aromatic carbocycles. The summed E-state index contributed by atoms with van der Waals surface area (Å²) in [7, 11) is 0. The summed E-state index contributed by atoms with van der Waals surface area (Å²) in [4.78, 5) is 12.6. The number of thiocarbonyl (C=S) groups is 1. The summed E-state index contributed by atoms with van der Waals surface area (Å²) in [5.74, 6) is 0.909. The first kappa shape index (κ1) is 23.1. The van der Waals surface area contributed by atoms with Crippen LogP contribution in [0.25, 0.3) is 0 Å². The van der Waals surface area contributed by atoms with Crippen molar-refractivity contribution < 1.29 is 19.0 Å². The van der Waals surface area contributed by atoms with Crippen molar-refractivity contribution in [1.82, 2.24) is 5.32 Å². The predicted octanol–water partition coefficient (Wildman–Crippen LogP) is 4.78. The van der Waals surface area contributed by atoms with Crippen LogP contribution >= 0.6 is 28.1 Å². The van der Waals surface area contributed by atoms with Crippen LogP contribution in [0.15, 0.2) is 46.9 Å². The van der Waals surface area contributed by atoms with E-state index in [9.17, 15) is 4.79 Å². The first-order valence-electron chi connectivity index (χ1n) is 9.38. The monoisotopic (exact) mass is 480 g/mol. The van der Waals surface area contributed by atoms with Crippen molar-refractivity contribution in [1.29, 1.82) is 0 Å². The third kappa shape index (κ3) is 8.00. The van der Waals surface area contributed by atoms with Crippen LogP contribution in [0.2, 0.25) is 0 Å². The molecule has 0 radical (unpaired) electrons. The van der Waals surface area contributed by atoms with Gasteiger partial charge in [0.1, 0.15) is 18.1 Å². The lowest BCUT2D eigenvalue weighted by Gasteiger charge is -2.13. The van der Waals surface area contributed by atoms with Crippen molar-refractivity contribution in [2.75, 3.05) is 31.7 Å². The Morgan fingerprint density at radius 3 is 2.48 bits per heavy atom. The number of nitrogens with one attached hydrogen (secondary N) is 2. The molecule has 6 nitrogen and oxygen atoms in total. The third-order valence-electron chi connectivity index (χ3n) is 3.69. The van der Waals surface area contributed by atoms with Crippen LogP contribution in [0.4, 0.5) is 5.69 Å². The van der Waals surface area contributed by atoms with Gasteiger partial charge >= 0.3 is 0 Å². The molecule has 0 heterocycles. The number of benzene rings is 2. The highest BCUT2D eigenvalue weighted by molar-refractivity contribution is 9.10. The molecular weight excluding hydrogens is 456 g/mol. The van der Waals surface area contributed by atoms with Gasteiger partial charge < -0.3 is 19.5 Å². The van der Waals surface area contributed by atoms with Crippen LogP contribution in [0.5, 0.6) is 11.5 Å². The Kier molecular flexibility index (Phi) is 9.90. The zero-order valence-corrected chi connectivity index (χ0v) is 18.9. The minimum absolute atomic E-state index is 0.196. The van der Waals surface area contributed by atoms with E-state index >= 15 is 0 Å². The summed E-state index contributed by atoms with van der Waals surface area (Å²) >= 11 is 8.65. The summed E-state index contributed by atoms with van der Waals surface area (Å²) < 4.78 is 17.2. The lowest BCUT2D eigenvalue weighted by molar-refractivity contribution is 0.0973.